The number of aromatic nitrogens is 1. The molecule has 1 aliphatic rings. The lowest BCUT2D eigenvalue weighted by Gasteiger charge is -2.28. The quantitative estimate of drug-likeness (QED) is 0.881. The fraction of sp³-hybridized carbons (Fsp3) is 0.412. The predicted molar refractivity (Wildman–Crippen MR) is 90.6 cm³/mol. The fourth-order valence-corrected chi connectivity index (χ4v) is 4.23. The lowest BCUT2D eigenvalue weighted by molar-refractivity contribution is 0.238. The summed E-state index contributed by atoms with van der Waals surface area (Å²) in [6.45, 7) is 2.42. The van der Waals surface area contributed by atoms with Crippen LogP contribution in [0.25, 0.3) is 0 Å². The zero-order valence-corrected chi connectivity index (χ0v) is 14.2. The zero-order valence-electron chi connectivity index (χ0n) is 13.4. The molecular weight excluding hydrogens is 310 g/mol. The van der Waals surface area contributed by atoms with E-state index in [0.29, 0.717) is 11.4 Å². The first-order valence-electron chi connectivity index (χ1n) is 7.98. The summed E-state index contributed by atoms with van der Waals surface area (Å²) in [7, 11) is -1.47. The van der Waals surface area contributed by atoms with E-state index in [1.807, 2.05) is 25.4 Å². The molecule has 1 aromatic heterocycles. The lowest BCUT2D eigenvalue weighted by Crippen LogP contribution is -2.37. The Balaban J connectivity index is 1.78. The van der Waals surface area contributed by atoms with E-state index in [1.54, 1.807) is 24.3 Å². The van der Waals surface area contributed by atoms with Crippen LogP contribution in [0.15, 0.2) is 53.6 Å². The molecule has 1 saturated heterocycles. The average molecular weight is 333 g/mol. The van der Waals surface area contributed by atoms with Crippen molar-refractivity contribution in [2.45, 2.75) is 23.8 Å². The van der Waals surface area contributed by atoms with Crippen LogP contribution in [0.2, 0.25) is 0 Å². The number of hydrogen-bond acceptors (Lipinski definition) is 3. The van der Waals surface area contributed by atoms with Gasteiger partial charge in [-0.05, 0) is 50.2 Å². The number of nitrogens with zero attached hydrogens (tertiary/aromatic N) is 2. The minimum Gasteiger partial charge on any atom is -0.353 e. The molecule has 1 N–H and O–H groups in total. The van der Waals surface area contributed by atoms with Gasteiger partial charge in [0.25, 0.3) is 0 Å². The van der Waals surface area contributed by atoms with Crippen molar-refractivity contribution in [3.05, 3.63) is 54.4 Å². The largest absolute Gasteiger partial charge is 0.353 e. The highest BCUT2D eigenvalue weighted by Gasteiger charge is 2.26. The molecule has 23 heavy (non-hydrogen) atoms. The van der Waals surface area contributed by atoms with Gasteiger partial charge in [0.1, 0.15) is 0 Å². The Morgan fingerprint density at radius 1 is 1.09 bits per heavy atom. The van der Waals surface area contributed by atoms with Crippen LogP contribution in [0.1, 0.15) is 24.6 Å². The first-order chi connectivity index (χ1) is 11.1. The molecule has 2 heterocycles. The van der Waals surface area contributed by atoms with Gasteiger partial charge in [-0.2, -0.15) is 0 Å². The Morgan fingerprint density at radius 2 is 1.78 bits per heavy atom. The number of sulfonamides is 1. The van der Waals surface area contributed by atoms with Gasteiger partial charge in [-0.25, -0.2) is 13.1 Å². The Kier molecular flexibility index (Phi) is 4.84. The molecule has 1 unspecified atom stereocenters. The van der Waals surface area contributed by atoms with Gasteiger partial charge in [0.15, 0.2) is 0 Å². The lowest BCUT2D eigenvalue weighted by atomic mass is 10.2. The monoisotopic (exact) mass is 333 g/mol. The van der Waals surface area contributed by atoms with Gasteiger partial charge in [-0.3, -0.25) is 4.90 Å². The van der Waals surface area contributed by atoms with Crippen LogP contribution in [-0.2, 0) is 17.1 Å². The first kappa shape index (κ1) is 16.2. The Bertz CT molecular complexity index is 734. The van der Waals surface area contributed by atoms with E-state index < -0.39 is 10.0 Å². The van der Waals surface area contributed by atoms with E-state index in [9.17, 15) is 8.42 Å². The van der Waals surface area contributed by atoms with E-state index in [1.165, 1.54) is 12.8 Å². The van der Waals surface area contributed by atoms with Crippen molar-refractivity contribution >= 4 is 10.0 Å². The summed E-state index contributed by atoms with van der Waals surface area (Å²) in [4.78, 5) is 2.68. The van der Waals surface area contributed by atoms with Crippen LogP contribution >= 0.6 is 0 Å². The van der Waals surface area contributed by atoms with E-state index in [2.05, 4.69) is 20.3 Å². The summed E-state index contributed by atoms with van der Waals surface area (Å²) in [5.41, 5.74) is 1.14. The van der Waals surface area contributed by atoms with Crippen molar-refractivity contribution in [3.8, 4) is 0 Å². The second-order valence-corrected chi connectivity index (χ2v) is 7.73. The number of hydrogen-bond donors (Lipinski definition) is 1. The van der Waals surface area contributed by atoms with Gasteiger partial charge in [0, 0.05) is 25.5 Å². The molecule has 2 aromatic rings. The third-order valence-electron chi connectivity index (χ3n) is 4.43. The van der Waals surface area contributed by atoms with Crippen molar-refractivity contribution < 1.29 is 8.42 Å². The summed E-state index contributed by atoms with van der Waals surface area (Å²) in [6.07, 6.45) is 4.35. The van der Waals surface area contributed by atoms with Crippen LogP contribution in [0, 0.1) is 0 Å². The number of benzene rings is 1. The molecule has 1 aliphatic heterocycles. The number of nitrogens with one attached hydrogen (secondary N) is 1. The summed E-state index contributed by atoms with van der Waals surface area (Å²) >= 11 is 0. The van der Waals surface area contributed by atoms with Gasteiger partial charge in [-0.15, -0.1) is 0 Å². The van der Waals surface area contributed by atoms with Crippen LogP contribution in [0.5, 0.6) is 0 Å². The first-order valence-corrected chi connectivity index (χ1v) is 9.46. The molecule has 124 valence electrons. The van der Waals surface area contributed by atoms with Gasteiger partial charge in [0.05, 0.1) is 10.9 Å². The topological polar surface area (TPSA) is 54.3 Å². The maximum absolute atomic E-state index is 12.5. The molecule has 1 atom stereocenters. The second kappa shape index (κ2) is 6.86. The molecule has 0 saturated carbocycles. The summed E-state index contributed by atoms with van der Waals surface area (Å²) in [6, 6.07) is 12.7. The minimum atomic E-state index is -3.47. The molecule has 0 spiro atoms. The van der Waals surface area contributed by atoms with E-state index in [0.717, 1.165) is 18.8 Å². The molecular formula is C17H23N3O2S. The Labute approximate surface area is 138 Å². The Morgan fingerprint density at radius 3 is 2.39 bits per heavy atom. The number of aryl methyl sites for hydroxylation is 1. The molecule has 0 aliphatic carbocycles. The molecule has 5 nitrogen and oxygen atoms in total. The van der Waals surface area contributed by atoms with Crippen LogP contribution in [0.4, 0.5) is 0 Å². The van der Waals surface area contributed by atoms with Crippen molar-refractivity contribution in [2.75, 3.05) is 19.6 Å². The smallest absolute Gasteiger partial charge is 0.240 e. The third-order valence-corrected chi connectivity index (χ3v) is 5.87. The van der Waals surface area contributed by atoms with E-state index >= 15 is 0 Å². The highest BCUT2D eigenvalue weighted by molar-refractivity contribution is 7.89. The van der Waals surface area contributed by atoms with Crippen LogP contribution in [0.3, 0.4) is 0 Å². The van der Waals surface area contributed by atoms with Gasteiger partial charge < -0.3 is 4.57 Å². The third kappa shape index (κ3) is 3.65. The van der Waals surface area contributed by atoms with Crippen molar-refractivity contribution in [1.82, 2.24) is 14.2 Å². The SMILES string of the molecule is Cn1cccc1C(CNS(=O)(=O)c1ccccc1)N1CCCC1. The molecule has 0 bridgehead atoms. The average Bonchev–Trinajstić information content (AvgIpc) is 3.21. The zero-order chi connectivity index (χ0) is 16.3. The van der Waals surface area contributed by atoms with E-state index in [4.69, 9.17) is 0 Å². The molecule has 6 heteroatoms. The summed E-state index contributed by atoms with van der Waals surface area (Å²) in [5.74, 6) is 0. The Hall–Kier alpha value is -1.63. The molecule has 3 rings (SSSR count). The predicted octanol–water partition coefficient (Wildman–Crippen LogP) is 2.14. The normalized spacial score (nSPS) is 17.4. The second-order valence-electron chi connectivity index (χ2n) is 5.97. The van der Waals surface area contributed by atoms with Crippen molar-refractivity contribution in [3.63, 3.8) is 0 Å². The van der Waals surface area contributed by atoms with Gasteiger partial charge in [-0.1, -0.05) is 18.2 Å². The summed E-state index contributed by atoms with van der Waals surface area (Å²) < 4.78 is 29.8. The summed E-state index contributed by atoms with van der Waals surface area (Å²) in [5, 5.41) is 0. The van der Waals surface area contributed by atoms with Crippen LogP contribution in [-0.4, -0.2) is 37.5 Å². The number of likely N-dealkylation sites (tertiary alicyclic amines) is 1. The maximum Gasteiger partial charge on any atom is 0.240 e. The standard InChI is InChI=1S/C17H23N3O2S/c1-19-11-7-10-16(19)17(20-12-5-6-13-20)14-18-23(21,22)15-8-3-2-4-9-15/h2-4,7-11,17-18H,5-6,12-14H2,1H3. The number of rotatable bonds is 6. The fourth-order valence-electron chi connectivity index (χ4n) is 3.17. The molecule has 0 radical (unpaired) electrons. The van der Waals surface area contributed by atoms with Crippen molar-refractivity contribution in [1.29, 1.82) is 0 Å². The van der Waals surface area contributed by atoms with Gasteiger partial charge in [0.2, 0.25) is 10.0 Å². The molecule has 0 amide bonds. The van der Waals surface area contributed by atoms with E-state index in [-0.39, 0.29) is 6.04 Å². The van der Waals surface area contributed by atoms with Crippen molar-refractivity contribution in [2.24, 2.45) is 7.05 Å². The molecule has 1 fully saturated rings. The molecule has 1 aromatic carbocycles. The van der Waals surface area contributed by atoms with Crippen LogP contribution < -0.4 is 4.72 Å². The minimum absolute atomic E-state index is 0.0657. The highest BCUT2D eigenvalue weighted by atomic mass is 32.2. The maximum atomic E-state index is 12.5. The van der Waals surface area contributed by atoms with Gasteiger partial charge >= 0.3 is 0 Å². The highest BCUT2D eigenvalue weighted by Crippen LogP contribution is 2.25.